The largest absolute Gasteiger partial charge is 0.472 e. The number of nitrogens with zero attached hydrogens (tertiary/aromatic N) is 2. The summed E-state index contributed by atoms with van der Waals surface area (Å²) in [6, 6.07) is 1.23. The number of rotatable bonds is 3. The average Bonchev–Trinajstić information content (AvgIpc) is 3.03. The average molecular weight is 358 g/mol. The van der Waals surface area contributed by atoms with Gasteiger partial charge in [0.05, 0.1) is 12.1 Å². The Labute approximate surface area is 141 Å². The highest BCUT2D eigenvalue weighted by atomic mass is 19.4. The molecule has 136 valence electrons. The molecule has 2 atom stereocenters. The number of hydrogen-bond acceptors (Lipinski definition) is 5. The van der Waals surface area contributed by atoms with E-state index in [0.29, 0.717) is 19.4 Å². The number of pyridine rings is 1. The number of ether oxygens (including phenoxy) is 1. The SMILES string of the molecule is O=C1CCC(C(=O)N2CCC(Oc3cc(C(F)(F)F)ccn3)C2)NN1. The normalized spacial score (nSPS) is 24.1. The zero-order valence-electron chi connectivity index (χ0n) is 13.2. The Morgan fingerprint density at radius 3 is 2.84 bits per heavy atom. The topological polar surface area (TPSA) is 83.6 Å². The van der Waals surface area contributed by atoms with Crippen LogP contribution < -0.4 is 15.6 Å². The van der Waals surface area contributed by atoms with E-state index in [-0.39, 0.29) is 30.7 Å². The Bertz CT molecular complexity index is 658. The molecule has 0 saturated carbocycles. The molecule has 0 aromatic carbocycles. The predicted molar refractivity (Wildman–Crippen MR) is 79.2 cm³/mol. The van der Waals surface area contributed by atoms with E-state index in [0.717, 1.165) is 18.3 Å². The Kier molecular flexibility index (Phi) is 4.80. The fourth-order valence-electron chi connectivity index (χ4n) is 2.83. The van der Waals surface area contributed by atoms with Crippen LogP contribution in [-0.2, 0) is 15.8 Å². The first kappa shape index (κ1) is 17.5. The molecule has 2 N–H and O–H groups in total. The highest BCUT2D eigenvalue weighted by Crippen LogP contribution is 2.31. The molecule has 0 spiro atoms. The fourth-order valence-corrected chi connectivity index (χ4v) is 2.83. The third kappa shape index (κ3) is 4.19. The number of likely N-dealkylation sites (tertiary alicyclic amines) is 1. The van der Waals surface area contributed by atoms with Gasteiger partial charge in [0.1, 0.15) is 12.1 Å². The van der Waals surface area contributed by atoms with Gasteiger partial charge in [-0.2, -0.15) is 13.2 Å². The lowest BCUT2D eigenvalue weighted by atomic mass is 10.1. The minimum absolute atomic E-state index is 0.114. The monoisotopic (exact) mass is 358 g/mol. The van der Waals surface area contributed by atoms with Gasteiger partial charge in [-0.1, -0.05) is 0 Å². The van der Waals surface area contributed by atoms with Gasteiger partial charge in [0.2, 0.25) is 17.7 Å². The molecule has 3 rings (SSSR count). The second-order valence-corrected chi connectivity index (χ2v) is 5.98. The molecule has 2 aliphatic rings. The molecule has 0 aliphatic carbocycles. The first-order chi connectivity index (χ1) is 11.8. The van der Waals surface area contributed by atoms with E-state index in [1.165, 1.54) is 0 Å². The quantitative estimate of drug-likeness (QED) is 0.838. The highest BCUT2D eigenvalue weighted by molar-refractivity contribution is 5.85. The summed E-state index contributed by atoms with van der Waals surface area (Å²) < 4.78 is 43.6. The van der Waals surface area contributed by atoms with Gasteiger partial charge in [-0.15, -0.1) is 0 Å². The maximum atomic E-state index is 12.7. The van der Waals surface area contributed by atoms with Crippen molar-refractivity contribution in [3.05, 3.63) is 23.9 Å². The van der Waals surface area contributed by atoms with Crippen LogP contribution in [0.3, 0.4) is 0 Å². The van der Waals surface area contributed by atoms with Crippen LogP contribution in [0, 0.1) is 0 Å². The number of halogens is 3. The summed E-state index contributed by atoms with van der Waals surface area (Å²) in [5, 5.41) is 0. The minimum atomic E-state index is -4.46. The van der Waals surface area contributed by atoms with Gasteiger partial charge in [0.25, 0.3) is 0 Å². The molecule has 3 heterocycles. The Hall–Kier alpha value is -2.36. The van der Waals surface area contributed by atoms with Crippen molar-refractivity contribution in [3.8, 4) is 5.88 Å². The van der Waals surface area contributed by atoms with Crippen molar-refractivity contribution in [3.63, 3.8) is 0 Å². The van der Waals surface area contributed by atoms with Gasteiger partial charge in [0.15, 0.2) is 0 Å². The van der Waals surface area contributed by atoms with E-state index < -0.39 is 23.9 Å². The molecule has 2 aliphatic heterocycles. The molecule has 1 aromatic rings. The van der Waals surface area contributed by atoms with Crippen LogP contribution in [0.2, 0.25) is 0 Å². The molecule has 1 aromatic heterocycles. The van der Waals surface area contributed by atoms with Crippen molar-refractivity contribution in [1.29, 1.82) is 0 Å². The lowest BCUT2D eigenvalue weighted by Gasteiger charge is -2.27. The third-order valence-electron chi connectivity index (χ3n) is 4.15. The number of carbonyl (C=O) groups excluding carboxylic acids is 2. The summed E-state index contributed by atoms with van der Waals surface area (Å²) >= 11 is 0. The summed E-state index contributed by atoms with van der Waals surface area (Å²) in [6.45, 7) is 0.706. The van der Waals surface area contributed by atoms with Crippen LogP contribution in [0.25, 0.3) is 0 Å². The lowest BCUT2D eigenvalue weighted by Crippen LogP contribution is -2.56. The zero-order valence-corrected chi connectivity index (χ0v) is 13.2. The van der Waals surface area contributed by atoms with Crippen molar-refractivity contribution >= 4 is 11.8 Å². The maximum Gasteiger partial charge on any atom is 0.416 e. The number of alkyl halides is 3. The molecule has 7 nitrogen and oxygen atoms in total. The third-order valence-corrected chi connectivity index (χ3v) is 4.15. The molecule has 10 heteroatoms. The number of nitrogens with one attached hydrogen (secondary N) is 2. The Morgan fingerprint density at radius 1 is 1.36 bits per heavy atom. The first-order valence-corrected chi connectivity index (χ1v) is 7.86. The standard InChI is InChI=1S/C15H17F3N4O3/c16-15(17,18)9-3-5-19-13(7-9)25-10-4-6-22(8-10)14(24)11-1-2-12(23)21-20-11/h3,5,7,10-11,20H,1-2,4,6,8H2,(H,21,23). The zero-order chi connectivity index (χ0) is 18.0. The number of hydrogen-bond donors (Lipinski definition) is 2. The van der Waals surface area contributed by atoms with Gasteiger partial charge in [0, 0.05) is 31.6 Å². The van der Waals surface area contributed by atoms with Gasteiger partial charge in [-0.3, -0.25) is 15.0 Å². The smallest absolute Gasteiger partial charge is 0.416 e. The molecule has 0 radical (unpaired) electrons. The molecule has 25 heavy (non-hydrogen) atoms. The van der Waals surface area contributed by atoms with E-state index in [2.05, 4.69) is 15.8 Å². The van der Waals surface area contributed by atoms with Crippen LogP contribution in [0.15, 0.2) is 18.3 Å². The maximum absolute atomic E-state index is 12.7. The number of carbonyl (C=O) groups is 2. The summed E-state index contributed by atoms with van der Waals surface area (Å²) in [5.74, 6) is -0.442. The minimum Gasteiger partial charge on any atom is -0.472 e. The van der Waals surface area contributed by atoms with Crippen molar-refractivity contribution in [2.75, 3.05) is 13.1 Å². The second kappa shape index (κ2) is 6.87. The van der Waals surface area contributed by atoms with E-state index in [1.54, 1.807) is 4.90 Å². The lowest BCUT2D eigenvalue weighted by molar-refractivity contribution is -0.138. The molecule has 2 unspecified atom stereocenters. The Balaban J connectivity index is 1.56. The summed E-state index contributed by atoms with van der Waals surface area (Å²) in [4.78, 5) is 28.9. The van der Waals surface area contributed by atoms with E-state index >= 15 is 0 Å². The van der Waals surface area contributed by atoms with Gasteiger partial charge < -0.3 is 9.64 Å². The van der Waals surface area contributed by atoms with Crippen LogP contribution in [-0.4, -0.2) is 46.9 Å². The van der Waals surface area contributed by atoms with Crippen LogP contribution in [0.1, 0.15) is 24.8 Å². The summed E-state index contributed by atoms with van der Waals surface area (Å²) in [7, 11) is 0. The molecular weight excluding hydrogens is 341 g/mol. The first-order valence-electron chi connectivity index (χ1n) is 7.86. The van der Waals surface area contributed by atoms with Crippen molar-refractivity contribution < 1.29 is 27.5 Å². The number of hydrazine groups is 1. The number of aromatic nitrogens is 1. The van der Waals surface area contributed by atoms with Crippen molar-refractivity contribution in [1.82, 2.24) is 20.7 Å². The van der Waals surface area contributed by atoms with Gasteiger partial charge >= 0.3 is 6.18 Å². The van der Waals surface area contributed by atoms with Crippen LogP contribution in [0.5, 0.6) is 5.88 Å². The second-order valence-electron chi connectivity index (χ2n) is 5.98. The highest BCUT2D eigenvalue weighted by Gasteiger charge is 2.34. The molecule has 2 saturated heterocycles. The summed E-state index contributed by atoms with van der Waals surface area (Å²) in [6.07, 6.45) is -2.66. The molecule has 0 bridgehead atoms. The molecule has 2 amide bonds. The fraction of sp³-hybridized carbons (Fsp3) is 0.533. The van der Waals surface area contributed by atoms with Gasteiger partial charge in [-0.05, 0) is 12.5 Å². The van der Waals surface area contributed by atoms with Crippen LogP contribution >= 0.6 is 0 Å². The van der Waals surface area contributed by atoms with Crippen LogP contribution in [0.4, 0.5) is 13.2 Å². The molecule has 2 fully saturated rings. The number of amides is 2. The van der Waals surface area contributed by atoms with Gasteiger partial charge in [-0.25, -0.2) is 10.4 Å². The molecular formula is C15H17F3N4O3. The van der Waals surface area contributed by atoms with E-state index in [4.69, 9.17) is 4.74 Å². The van der Waals surface area contributed by atoms with Crippen molar-refractivity contribution in [2.24, 2.45) is 0 Å². The predicted octanol–water partition coefficient (Wildman–Crippen LogP) is 0.863. The van der Waals surface area contributed by atoms with E-state index in [9.17, 15) is 22.8 Å². The van der Waals surface area contributed by atoms with Crippen molar-refractivity contribution in [2.45, 2.75) is 37.6 Å². The summed E-state index contributed by atoms with van der Waals surface area (Å²) in [5.41, 5.74) is 4.26. The Morgan fingerprint density at radius 2 is 2.16 bits per heavy atom. The van der Waals surface area contributed by atoms with E-state index in [1.807, 2.05) is 0 Å².